The molecule has 1 unspecified atom stereocenters. The van der Waals surface area contributed by atoms with Crippen molar-refractivity contribution in [3.8, 4) is 11.5 Å². The molecule has 0 spiro atoms. The smallest absolute Gasteiger partial charge is 0.305 e. The molecule has 7 heteroatoms. The van der Waals surface area contributed by atoms with Gasteiger partial charge >= 0.3 is 5.97 Å². The van der Waals surface area contributed by atoms with E-state index in [4.69, 9.17) is 13.9 Å². The maximum atomic E-state index is 13.6. The molecule has 1 aromatic heterocycles. The molecule has 0 saturated heterocycles. The van der Waals surface area contributed by atoms with Gasteiger partial charge in [-0.3, -0.25) is 9.59 Å². The lowest BCUT2D eigenvalue weighted by Gasteiger charge is -2.36. The Morgan fingerprint density at radius 3 is 2.52 bits per heavy atom. The molecule has 2 heterocycles. The van der Waals surface area contributed by atoms with Gasteiger partial charge in [0, 0.05) is 17.5 Å². The minimum atomic E-state index is -0.984. The van der Waals surface area contributed by atoms with Crippen LogP contribution in [0.5, 0.6) is 11.5 Å². The monoisotopic (exact) mass is 423 g/mol. The Balaban J connectivity index is 1.80. The van der Waals surface area contributed by atoms with Crippen LogP contribution < -0.4 is 9.47 Å². The summed E-state index contributed by atoms with van der Waals surface area (Å²) in [7, 11) is 3.09. The number of furan rings is 1. The molecule has 0 aliphatic carbocycles. The second kappa shape index (κ2) is 7.98. The number of fused-ring (bicyclic) bond motifs is 2. The molecule has 7 nitrogen and oxygen atoms in total. The summed E-state index contributed by atoms with van der Waals surface area (Å²) < 4.78 is 16.8. The number of carbonyl (C=O) groups excluding carboxylic acids is 1. The van der Waals surface area contributed by atoms with Crippen molar-refractivity contribution >= 4 is 22.8 Å². The van der Waals surface area contributed by atoms with Crippen LogP contribution in [0.4, 0.5) is 0 Å². The van der Waals surface area contributed by atoms with E-state index in [0.717, 1.165) is 27.6 Å². The number of ether oxygens (including phenoxy) is 2. The maximum absolute atomic E-state index is 13.6. The van der Waals surface area contributed by atoms with Gasteiger partial charge in [0.05, 0.1) is 26.7 Å². The Bertz CT molecular complexity index is 1180. The lowest BCUT2D eigenvalue weighted by molar-refractivity contribution is -0.138. The number of aryl methyl sites for hydroxylation is 2. The average molecular weight is 423 g/mol. The van der Waals surface area contributed by atoms with E-state index in [1.807, 2.05) is 38.1 Å². The second-order valence-electron chi connectivity index (χ2n) is 7.78. The van der Waals surface area contributed by atoms with Crippen molar-refractivity contribution < 1.29 is 28.6 Å². The molecule has 0 bridgehead atoms. The van der Waals surface area contributed by atoms with Gasteiger partial charge in [0.25, 0.3) is 5.91 Å². The van der Waals surface area contributed by atoms with Crippen molar-refractivity contribution in [2.75, 3.05) is 20.8 Å². The van der Waals surface area contributed by atoms with Gasteiger partial charge in [-0.05, 0) is 49.1 Å². The van der Waals surface area contributed by atoms with E-state index in [0.29, 0.717) is 30.0 Å². The fourth-order valence-corrected chi connectivity index (χ4v) is 4.38. The number of hydrogen-bond donors (Lipinski definition) is 1. The Labute approximate surface area is 180 Å². The number of methoxy groups -OCH3 is 2. The van der Waals surface area contributed by atoms with Crippen LogP contribution in [-0.4, -0.2) is 42.6 Å². The third kappa shape index (κ3) is 3.50. The molecule has 1 amide bonds. The van der Waals surface area contributed by atoms with Crippen molar-refractivity contribution in [1.29, 1.82) is 0 Å². The second-order valence-corrected chi connectivity index (χ2v) is 7.78. The number of benzene rings is 2. The first-order chi connectivity index (χ1) is 14.8. The minimum Gasteiger partial charge on any atom is -0.493 e. The zero-order valence-corrected chi connectivity index (χ0v) is 18.0. The summed E-state index contributed by atoms with van der Waals surface area (Å²) in [6.07, 6.45) is 0.363. The number of amides is 1. The minimum absolute atomic E-state index is 0.216. The van der Waals surface area contributed by atoms with Crippen LogP contribution in [-0.2, 0) is 11.2 Å². The number of nitrogens with zero attached hydrogens (tertiary/aromatic N) is 1. The van der Waals surface area contributed by atoms with Crippen molar-refractivity contribution in [1.82, 2.24) is 4.90 Å². The van der Waals surface area contributed by atoms with Crippen LogP contribution in [0.3, 0.4) is 0 Å². The van der Waals surface area contributed by atoms with Gasteiger partial charge in [0.1, 0.15) is 5.58 Å². The fourth-order valence-electron chi connectivity index (χ4n) is 4.38. The highest BCUT2D eigenvalue weighted by molar-refractivity contribution is 6.00. The van der Waals surface area contributed by atoms with Crippen molar-refractivity contribution in [3.63, 3.8) is 0 Å². The van der Waals surface area contributed by atoms with Gasteiger partial charge in [-0.2, -0.15) is 0 Å². The Morgan fingerprint density at radius 2 is 1.87 bits per heavy atom. The van der Waals surface area contributed by atoms with E-state index in [1.54, 1.807) is 18.1 Å². The molecule has 2 aromatic carbocycles. The number of aliphatic carboxylic acids is 1. The Morgan fingerprint density at radius 1 is 1.16 bits per heavy atom. The standard InChI is InChI=1S/C24H25NO6/c1-13-6-5-7-16-14(2)23(31-22(13)16)24(28)25-9-8-15-10-19(29-3)20(30-4)11-17(15)18(25)12-21(26)27/h5-7,10-11,18H,8-9,12H2,1-4H3,(H,26,27). The van der Waals surface area contributed by atoms with Crippen molar-refractivity contribution in [2.45, 2.75) is 32.7 Å². The van der Waals surface area contributed by atoms with E-state index in [1.165, 1.54) is 7.11 Å². The molecule has 1 aliphatic heterocycles. The Hall–Kier alpha value is -3.48. The molecule has 0 fully saturated rings. The molecule has 1 aliphatic rings. The molecular weight excluding hydrogens is 398 g/mol. The van der Waals surface area contributed by atoms with Gasteiger partial charge in [0.15, 0.2) is 17.3 Å². The molecule has 0 radical (unpaired) electrons. The number of carboxylic acids is 1. The third-order valence-corrected chi connectivity index (χ3v) is 5.99. The lowest BCUT2D eigenvalue weighted by Crippen LogP contribution is -2.41. The quantitative estimate of drug-likeness (QED) is 0.659. The van der Waals surface area contributed by atoms with E-state index in [-0.39, 0.29) is 18.1 Å². The highest BCUT2D eigenvalue weighted by Crippen LogP contribution is 2.40. The van der Waals surface area contributed by atoms with Crippen LogP contribution in [0.25, 0.3) is 11.0 Å². The fraction of sp³-hybridized carbons (Fsp3) is 0.333. The summed E-state index contributed by atoms with van der Waals surface area (Å²) in [5.74, 6) is 0.0474. The Kier molecular flexibility index (Phi) is 5.35. The molecule has 1 atom stereocenters. The summed E-state index contributed by atoms with van der Waals surface area (Å²) in [5.41, 5.74) is 4.09. The maximum Gasteiger partial charge on any atom is 0.305 e. The van der Waals surface area contributed by atoms with Gasteiger partial charge in [-0.1, -0.05) is 18.2 Å². The summed E-state index contributed by atoms with van der Waals surface area (Å²) in [4.78, 5) is 26.9. The predicted molar refractivity (Wildman–Crippen MR) is 115 cm³/mol. The van der Waals surface area contributed by atoms with E-state index in [2.05, 4.69) is 0 Å². The molecule has 4 rings (SSSR count). The number of hydrogen-bond acceptors (Lipinski definition) is 5. The lowest BCUT2D eigenvalue weighted by atomic mass is 9.89. The summed E-state index contributed by atoms with van der Waals surface area (Å²) in [5, 5.41) is 10.5. The zero-order valence-electron chi connectivity index (χ0n) is 18.0. The van der Waals surface area contributed by atoms with Crippen LogP contribution in [0.15, 0.2) is 34.7 Å². The van der Waals surface area contributed by atoms with Crippen molar-refractivity contribution in [3.05, 3.63) is 58.3 Å². The van der Waals surface area contributed by atoms with Crippen molar-refractivity contribution in [2.24, 2.45) is 0 Å². The van der Waals surface area contributed by atoms with Gasteiger partial charge < -0.3 is 23.9 Å². The molecule has 162 valence electrons. The van der Waals surface area contributed by atoms with Gasteiger partial charge in [-0.25, -0.2) is 0 Å². The predicted octanol–water partition coefficient (Wildman–Crippen LogP) is 4.28. The van der Waals surface area contributed by atoms with E-state index < -0.39 is 12.0 Å². The molecule has 31 heavy (non-hydrogen) atoms. The van der Waals surface area contributed by atoms with Crippen LogP contribution >= 0.6 is 0 Å². The zero-order chi connectivity index (χ0) is 22.3. The highest BCUT2D eigenvalue weighted by Gasteiger charge is 2.36. The third-order valence-electron chi connectivity index (χ3n) is 5.99. The molecular formula is C24H25NO6. The van der Waals surface area contributed by atoms with Crippen LogP contribution in [0, 0.1) is 13.8 Å². The number of carbonyl (C=O) groups is 2. The SMILES string of the molecule is COc1cc2c(cc1OC)C(CC(=O)O)N(C(=O)c1oc3c(C)cccc3c1C)CC2. The molecule has 1 N–H and O–H groups in total. The average Bonchev–Trinajstić information content (AvgIpc) is 3.10. The van der Waals surface area contributed by atoms with E-state index in [9.17, 15) is 14.7 Å². The first-order valence-corrected chi connectivity index (χ1v) is 10.1. The number of para-hydroxylation sites is 1. The van der Waals surface area contributed by atoms with Crippen LogP contribution in [0.2, 0.25) is 0 Å². The topological polar surface area (TPSA) is 89.2 Å². The number of rotatable bonds is 5. The summed E-state index contributed by atoms with van der Waals surface area (Å²) in [6.45, 7) is 4.18. The number of carboxylic acid groups (broad SMARTS) is 1. The van der Waals surface area contributed by atoms with Gasteiger partial charge in [-0.15, -0.1) is 0 Å². The highest BCUT2D eigenvalue weighted by atomic mass is 16.5. The van der Waals surface area contributed by atoms with Crippen LogP contribution in [0.1, 0.15) is 45.3 Å². The molecule has 3 aromatic rings. The van der Waals surface area contributed by atoms with Gasteiger partial charge in [0.2, 0.25) is 0 Å². The summed E-state index contributed by atoms with van der Waals surface area (Å²) >= 11 is 0. The normalized spacial score (nSPS) is 15.6. The first-order valence-electron chi connectivity index (χ1n) is 10.1. The largest absolute Gasteiger partial charge is 0.493 e. The first kappa shape index (κ1) is 20.8. The van der Waals surface area contributed by atoms with E-state index >= 15 is 0 Å². The molecule has 0 saturated carbocycles. The summed E-state index contributed by atoms with van der Waals surface area (Å²) in [6, 6.07) is 8.79.